The largest absolute Gasteiger partial charge is 0.449 e. The Labute approximate surface area is 111 Å². The Hall–Kier alpha value is -1.57. The fraction of sp³-hybridized carbons (Fsp3) is 0.357. The Morgan fingerprint density at radius 1 is 1.39 bits per heavy atom. The molecule has 0 aliphatic carbocycles. The van der Waals surface area contributed by atoms with Crippen molar-refractivity contribution in [1.82, 2.24) is 5.32 Å². The van der Waals surface area contributed by atoms with E-state index in [1.807, 2.05) is 23.5 Å². The van der Waals surface area contributed by atoms with E-state index in [1.54, 1.807) is 6.07 Å². The number of furan rings is 1. The highest BCUT2D eigenvalue weighted by atomic mass is 32.1. The fourth-order valence-electron chi connectivity index (χ4n) is 1.78. The number of thiophene rings is 1. The van der Waals surface area contributed by atoms with Crippen molar-refractivity contribution in [1.29, 1.82) is 5.26 Å². The quantitative estimate of drug-likeness (QED) is 0.897. The third kappa shape index (κ3) is 3.46. The van der Waals surface area contributed by atoms with Gasteiger partial charge in [-0.25, -0.2) is 0 Å². The third-order valence-electron chi connectivity index (χ3n) is 2.70. The summed E-state index contributed by atoms with van der Waals surface area (Å²) in [5.41, 5.74) is 0. The van der Waals surface area contributed by atoms with Crippen molar-refractivity contribution in [3.05, 3.63) is 45.5 Å². The van der Waals surface area contributed by atoms with E-state index in [0.29, 0.717) is 18.3 Å². The Kier molecular flexibility index (Phi) is 4.19. The summed E-state index contributed by atoms with van der Waals surface area (Å²) in [4.78, 5) is 2.74. The molecular weight excluding hydrogens is 244 g/mol. The first-order chi connectivity index (χ1) is 8.67. The van der Waals surface area contributed by atoms with Crippen molar-refractivity contribution in [3.8, 4) is 6.07 Å². The maximum absolute atomic E-state index is 8.66. The van der Waals surface area contributed by atoms with Crippen LogP contribution in [0.15, 0.2) is 28.7 Å². The second-order valence-corrected chi connectivity index (χ2v) is 5.75. The van der Waals surface area contributed by atoms with Crippen molar-refractivity contribution in [2.45, 2.75) is 32.9 Å². The minimum absolute atomic E-state index is 0.369. The molecule has 2 aromatic heterocycles. The molecule has 2 heterocycles. The smallest absolute Gasteiger partial charge is 0.203 e. The summed E-state index contributed by atoms with van der Waals surface area (Å²) in [7, 11) is 0. The van der Waals surface area contributed by atoms with E-state index in [1.165, 1.54) is 9.75 Å². The summed E-state index contributed by atoms with van der Waals surface area (Å²) in [6.45, 7) is 4.94. The maximum atomic E-state index is 8.66. The predicted molar refractivity (Wildman–Crippen MR) is 72.5 cm³/mol. The van der Waals surface area contributed by atoms with Crippen LogP contribution in [-0.2, 0) is 13.0 Å². The molecule has 2 rings (SSSR count). The topological polar surface area (TPSA) is 49.0 Å². The molecule has 18 heavy (non-hydrogen) atoms. The number of nitriles is 1. The molecule has 0 saturated carbocycles. The lowest BCUT2D eigenvalue weighted by Crippen LogP contribution is -2.27. The predicted octanol–water partition coefficient (Wildman–Crippen LogP) is 3.24. The number of nitrogens with zero attached hydrogens (tertiary/aromatic N) is 1. The molecule has 1 N–H and O–H groups in total. The molecule has 0 spiro atoms. The van der Waals surface area contributed by atoms with E-state index in [9.17, 15) is 0 Å². The summed E-state index contributed by atoms with van der Waals surface area (Å²) in [5.74, 6) is 1.18. The van der Waals surface area contributed by atoms with E-state index >= 15 is 0 Å². The summed E-state index contributed by atoms with van der Waals surface area (Å²) in [5, 5.41) is 12.1. The van der Waals surface area contributed by atoms with Gasteiger partial charge in [0.1, 0.15) is 11.8 Å². The molecule has 0 aromatic carbocycles. The average Bonchev–Trinajstić information content (AvgIpc) is 2.95. The van der Waals surface area contributed by atoms with E-state index in [0.717, 1.165) is 12.2 Å². The van der Waals surface area contributed by atoms with Crippen LogP contribution in [0.4, 0.5) is 0 Å². The van der Waals surface area contributed by atoms with Gasteiger partial charge in [-0.15, -0.1) is 11.3 Å². The zero-order valence-electron chi connectivity index (χ0n) is 10.6. The molecule has 4 heteroatoms. The zero-order valence-corrected chi connectivity index (χ0v) is 11.4. The first-order valence-corrected chi connectivity index (χ1v) is 6.76. The van der Waals surface area contributed by atoms with E-state index in [-0.39, 0.29) is 0 Å². The second kappa shape index (κ2) is 5.85. The van der Waals surface area contributed by atoms with Gasteiger partial charge in [0.15, 0.2) is 0 Å². The van der Waals surface area contributed by atoms with Gasteiger partial charge in [0.05, 0.1) is 6.54 Å². The maximum Gasteiger partial charge on any atom is 0.203 e. The van der Waals surface area contributed by atoms with Crippen LogP contribution in [0, 0.1) is 18.3 Å². The van der Waals surface area contributed by atoms with E-state index in [2.05, 4.69) is 31.3 Å². The van der Waals surface area contributed by atoms with Crippen LogP contribution in [-0.4, -0.2) is 6.04 Å². The minimum Gasteiger partial charge on any atom is -0.449 e. The van der Waals surface area contributed by atoms with Gasteiger partial charge >= 0.3 is 0 Å². The molecule has 0 amide bonds. The van der Waals surface area contributed by atoms with Gasteiger partial charge in [0.25, 0.3) is 0 Å². The molecule has 0 bridgehead atoms. The van der Waals surface area contributed by atoms with Crippen LogP contribution in [0.25, 0.3) is 0 Å². The van der Waals surface area contributed by atoms with Gasteiger partial charge in [-0.1, -0.05) is 0 Å². The standard InChI is InChI=1S/C14H16N2OS/c1-10(7-14-6-3-11(2)18-14)16-9-13-5-4-12(8-15)17-13/h3-6,10,16H,7,9H2,1-2H3. The first-order valence-electron chi connectivity index (χ1n) is 5.95. The number of aryl methyl sites for hydroxylation is 1. The fourth-order valence-corrected chi connectivity index (χ4v) is 2.80. The summed E-state index contributed by atoms with van der Waals surface area (Å²) >= 11 is 1.84. The number of hydrogen-bond acceptors (Lipinski definition) is 4. The van der Waals surface area contributed by atoms with Crippen molar-refractivity contribution >= 4 is 11.3 Å². The second-order valence-electron chi connectivity index (χ2n) is 4.38. The number of nitrogens with one attached hydrogen (secondary N) is 1. The average molecular weight is 260 g/mol. The highest BCUT2D eigenvalue weighted by molar-refractivity contribution is 7.11. The van der Waals surface area contributed by atoms with Gasteiger partial charge in [-0.3, -0.25) is 0 Å². The number of hydrogen-bond donors (Lipinski definition) is 1. The van der Waals surface area contributed by atoms with Crippen LogP contribution in [0.1, 0.15) is 28.2 Å². The van der Waals surface area contributed by atoms with Gasteiger partial charge < -0.3 is 9.73 Å². The van der Waals surface area contributed by atoms with Crippen molar-refractivity contribution in [2.24, 2.45) is 0 Å². The summed E-state index contributed by atoms with van der Waals surface area (Å²) in [6, 6.07) is 10.2. The highest BCUT2D eigenvalue weighted by Gasteiger charge is 2.07. The van der Waals surface area contributed by atoms with Crippen LogP contribution in [0.5, 0.6) is 0 Å². The zero-order chi connectivity index (χ0) is 13.0. The van der Waals surface area contributed by atoms with E-state index in [4.69, 9.17) is 9.68 Å². The van der Waals surface area contributed by atoms with Gasteiger partial charge in [0.2, 0.25) is 5.76 Å². The molecule has 0 aliphatic rings. The third-order valence-corrected chi connectivity index (χ3v) is 3.72. The van der Waals surface area contributed by atoms with Gasteiger partial charge in [0, 0.05) is 15.8 Å². The van der Waals surface area contributed by atoms with Crippen LogP contribution >= 0.6 is 11.3 Å². The Bertz CT molecular complexity index is 550. The van der Waals surface area contributed by atoms with Gasteiger partial charge in [-0.2, -0.15) is 5.26 Å². The Morgan fingerprint density at radius 3 is 2.83 bits per heavy atom. The molecule has 0 aliphatic heterocycles. The highest BCUT2D eigenvalue weighted by Crippen LogP contribution is 2.17. The van der Waals surface area contributed by atoms with Crippen molar-refractivity contribution < 1.29 is 4.42 Å². The molecule has 0 radical (unpaired) electrons. The van der Waals surface area contributed by atoms with Gasteiger partial charge in [-0.05, 0) is 44.5 Å². The molecule has 0 fully saturated rings. The molecule has 3 nitrogen and oxygen atoms in total. The number of rotatable bonds is 5. The van der Waals surface area contributed by atoms with Crippen LogP contribution in [0.3, 0.4) is 0 Å². The lowest BCUT2D eigenvalue weighted by atomic mass is 10.2. The van der Waals surface area contributed by atoms with Crippen molar-refractivity contribution in [3.63, 3.8) is 0 Å². The molecule has 2 aromatic rings. The molecule has 1 unspecified atom stereocenters. The SMILES string of the molecule is Cc1ccc(CC(C)NCc2ccc(C#N)o2)s1. The molecule has 0 saturated heterocycles. The minimum atomic E-state index is 0.369. The lowest BCUT2D eigenvalue weighted by Gasteiger charge is -2.11. The molecule has 94 valence electrons. The Balaban J connectivity index is 1.81. The normalized spacial score (nSPS) is 12.3. The Morgan fingerprint density at radius 2 is 2.22 bits per heavy atom. The summed E-state index contributed by atoms with van der Waals surface area (Å²) < 4.78 is 5.32. The first kappa shape index (κ1) is 12.9. The van der Waals surface area contributed by atoms with Crippen molar-refractivity contribution in [2.75, 3.05) is 0 Å². The lowest BCUT2D eigenvalue weighted by molar-refractivity contribution is 0.448. The van der Waals surface area contributed by atoms with Crippen LogP contribution < -0.4 is 5.32 Å². The molecule has 1 atom stereocenters. The van der Waals surface area contributed by atoms with E-state index < -0.39 is 0 Å². The van der Waals surface area contributed by atoms with Crippen LogP contribution in [0.2, 0.25) is 0 Å². The summed E-state index contributed by atoms with van der Waals surface area (Å²) in [6.07, 6.45) is 1.02. The molecular formula is C14H16N2OS. The monoisotopic (exact) mass is 260 g/mol.